The monoisotopic (exact) mass is 257 g/mol. The Kier molecular flexibility index (Phi) is 5.25. The van der Waals surface area contributed by atoms with Crippen LogP contribution < -0.4 is 10.5 Å². The fourth-order valence-electron chi connectivity index (χ4n) is 1.93. The molecule has 0 aromatic heterocycles. The third-order valence-electron chi connectivity index (χ3n) is 3.04. The minimum Gasteiger partial charge on any atom is -0.496 e. The lowest BCUT2D eigenvalue weighted by molar-refractivity contribution is 0.0837. The Hall–Kier alpha value is -0.770. The van der Waals surface area contributed by atoms with E-state index in [2.05, 4.69) is 0 Å². The van der Waals surface area contributed by atoms with Crippen molar-refractivity contribution in [2.45, 2.75) is 20.0 Å². The molecule has 0 aliphatic carbocycles. The first-order valence-corrected chi connectivity index (χ1v) is 6.10. The predicted octanol–water partition coefficient (Wildman–Crippen LogP) is 2.61. The molecule has 0 radical (unpaired) electrons. The van der Waals surface area contributed by atoms with Crippen LogP contribution in [0.5, 0.6) is 5.75 Å². The molecule has 0 fully saturated rings. The van der Waals surface area contributed by atoms with Crippen molar-refractivity contribution in [3.63, 3.8) is 0 Å². The van der Waals surface area contributed by atoms with Gasteiger partial charge in [0, 0.05) is 16.5 Å². The molecule has 3 N–H and O–H groups in total. The topological polar surface area (TPSA) is 55.5 Å². The minimum atomic E-state index is -0.659. The van der Waals surface area contributed by atoms with Crippen LogP contribution in [0.15, 0.2) is 18.2 Å². The van der Waals surface area contributed by atoms with Crippen molar-refractivity contribution < 1.29 is 9.84 Å². The molecule has 0 saturated heterocycles. The van der Waals surface area contributed by atoms with Gasteiger partial charge in [-0.15, -0.1) is 0 Å². The SMILES string of the molecule is COc1ccc(Cl)cc1C(O)C(CN)C(C)C. The van der Waals surface area contributed by atoms with Crippen LogP contribution in [0.1, 0.15) is 25.5 Å². The summed E-state index contributed by atoms with van der Waals surface area (Å²) in [6, 6.07) is 5.23. The third-order valence-corrected chi connectivity index (χ3v) is 3.28. The van der Waals surface area contributed by atoms with Crippen molar-refractivity contribution in [2.24, 2.45) is 17.6 Å². The molecule has 1 aromatic rings. The number of methoxy groups -OCH3 is 1. The molecular formula is C13H20ClNO2. The zero-order valence-electron chi connectivity index (χ0n) is 10.5. The van der Waals surface area contributed by atoms with Gasteiger partial charge in [0.05, 0.1) is 13.2 Å². The number of hydrogen-bond donors (Lipinski definition) is 2. The van der Waals surface area contributed by atoms with Crippen molar-refractivity contribution in [1.29, 1.82) is 0 Å². The lowest BCUT2D eigenvalue weighted by atomic mass is 9.86. The Morgan fingerprint density at radius 2 is 2.06 bits per heavy atom. The second-order valence-corrected chi connectivity index (χ2v) is 4.91. The highest BCUT2D eigenvalue weighted by Crippen LogP contribution is 2.34. The standard InChI is InChI=1S/C13H20ClNO2/c1-8(2)11(7-15)13(16)10-6-9(14)4-5-12(10)17-3/h4-6,8,11,13,16H,7,15H2,1-3H3. The van der Waals surface area contributed by atoms with Gasteiger partial charge in [0.2, 0.25) is 0 Å². The third kappa shape index (κ3) is 3.35. The molecule has 1 rings (SSSR count). The molecule has 3 nitrogen and oxygen atoms in total. The lowest BCUT2D eigenvalue weighted by Crippen LogP contribution is -2.27. The van der Waals surface area contributed by atoms with Gasteiger partial charge in [-0.2, -0.15) is 0 Å². The summed E-state index contributed by atoms with van der Waals surface area (Å²) in [4.78, 5) is 0. The first kappa shape index (κ1) is 14.3. The summed E-state index contributed by atoms with van der Waals surface area (Å²) < 4.78 is 5.24. The molecule has 1 aromatic carbocycles. The largest absolute Gasteiger partial charge is 0.496 e. The summed E-state index contributed by atoms with van der Waals surface area (Å²) in [5.74, 6) is 0.919. The van der Waals surface area contributed by atoms with E-state index >= 15 is 0 Å². The summed E-state index contributed by atoms with van der Waals surface area (Å²) in [5, 5.41) is 11.0. The molecule has 0 spiro atoms. The molecule has 4 heteroatoms. The molecule has 2 unspecified atom stereocenters. The van der Waals surface area contributed by atoms with Crippen molar-refractivity contribution in [3.8, 4) is 5.75 Å². The molecule has 0 amide bonds. The van der Waals surface area contributed by atoms with E-state index in [0.717, 1.165) is 0 Å². The number of rotatable bonds is 5. The maximum absolute atomic E-state index is 10.4. The maximum Gasteiger partial charge on any atom is 0.124 e. The second kappa shape index (κ2) is 6.24. The summed E-state index contributed by atoms with van der Waals surface area (Å²) >= 11 is 5.95. The molecule has 0 saturated carbocycles. The van der Waals surface area contributed by atoms with Crippen LogP contribution >= 0.6 is 11.6 Å². The number of aliphatic hydroxyl groups excluding tert-OH is 1. The Balaban J connectivity index is 3.08. The predicted molar refractivity (Wildman–Crippen MR) is 70.3 cm³/mol. The van der Waals surface area contributed by atoms with E-state index in [-0.39, 0.29) is 5.92 Å². The average molecular weight is 258 g/mol. The van der Waals surface area contributed by atoms with Gasteiger partial charge in [0.1, 0.15) is 5.75 Å². The Bertz CT molecular complexity index is 368. The molecule has 0 heterocycles. The Labute approximate surface area is 108 Å². The van der Waals surface area contributed by atoms with Crippen LogP contribution in [0.25, 0.3) is 0 Å². The van der Waals surface area contributed by atoms with E-state index in [1.807, 2.05) is 13.8 Å². The van der Waals surface area contributed by atoms with E-state index in [9.17, 15) is 5.11 Å². The number of benzene rings is 1. The van der Waals surface area contributed by atoms with Crippen LogP contribution in [-0.2, 0) is 0 Å². The summed E-state index contributed by atoms with van der Waals surface area (Å²) in [6.07, 6.45) is -0.659. The van der Waals surface area contributed by atoms with Gasteiger partial charge in [0.15, 0.2) is 0 Å². The number of hydrogen-bond acceptors (Lipinski definition) is 3. The molecule has 0 aliphatic rings. The van der Waals surface area contributed by atoms with Crippen LogP contribution in [0, 0.1) is 11.8 Å². The van der Waals surface area contributed by atoms with Gasteiger partial charge in [-0.3, -0.25) is 0 Å². The van der Waals surface area contributed by atoms with Crippen molar-refractivity contribution >= 4 is 11.6 Å². The van der Waals surface area contributed by atoms with Crippen molar-refractivity contribution in [2.75, 3.05) is 13.7 Å². The van der Waals surface area contributed by atoms with E-state index in [1.54, 1.807) is 25.3 Å². The van der Waals surface area contributed by atoms with Gasteiger partial charge in [-0.05, 0) is 30.7 Å². The highest BCUT2D eigenvalue weighted by Gasteiger charge is 2.25. The zero-order chi connectivity index (χ0) is 13.0. The first-order valence-electron chi connectivity index (χ1n) is 5.72. The quantitative estimate of drug-likeness (QED) is 0.853. The first-order chi connectivity index (χ1) is 8.01. The summed E-state index contributed by atoms with van der Waals surface area (Å²) in [6.45, 7) is 4.50. The fraction of sp³-hybridized carbons (Fsp3) is 0.538. The molecule has 17 heavy (non-hydrogen) atoms. The van der Waals surface area contributed by atoms with Gasteiger partial charge < -0.3 is 15.6 Å². The van der Waals surface area contributed by atoms with Gasteiger partial charge in [-0.25, -0.2) is 0 Å². The minimum absolute atomic E-state index is 0.0117. The number of nitrogens with two attached hydrogens (primary N) is 1. The number of halogens is 1. The normalized spacial score (nSPS) is 14.8. The smallest absolute Gasteiger partial charge is 0.124 e. The van der Waals surface area contributed by atoms with Gasteiger partial charge in [-0.1, -0.05) is 25.4 Å². The molecule has 0 bridgehead atoms. The van der Waals surface area contributed by atoms with Crippen LogP contribution in [-0.4, -0.2) is 18.8 Å². The van der Waals surface area contributed by atoms with Crippen LogP contribution in [0.4, 0.5) is 0 Å². The van der Waals surface area contributed by atoms with Gasteiger partial charge >= 0.3 is 0 Å². The lowest BCUT2D eigenvalue weighted by Gasteiger charge is -2.26. The van der Waals surface area contributed by atoms with E-state index in [4.69, 9.17) is 22.1 Å². The van der Waals surface area contributed by atoms with Gasteiger partial charge in [0.25, 0.3) is 0 Å². The summed E-state index contributed by atoms with van der Waals surface area (Å²) in [5.41, 5.74) is 6.41. The van der Waals surface area contributed by atoms with E-state index < -0.39 is 6.10 Å². The Morgan fingerprint density at radius 3 is 2.53 bits per heavy atom. The second-order valence-electron chi connectivity index (χ2n) is 4.47. The van der Waals surface area contributed by atoms with Crippen molar-refractivity contribution in [3.05, 3.63) is 28.8 Å². The molecule has 2 atom stereocenters. The highest BCUT2D eigenvalue weighted by molar-refractivity contribution is 6.30. The number of ether oxygens (including phenoxy) is 1. The highest BCUT2D eigenvalue weighted by atomic mass is 35.5. The van der Waals surface area contributed by atoms with Crippen LogP contribution in [0.3, 0.4) is 0 Å². The fourth-order valence-corrected chi connectivity index (χ4v) is 2.11. The maximum atomic E-state index is 10.4. The molecule has 96 valence electrons. The zero-order valence-corrected chi connectivity index (χ0v) is 11.2. The average Bonchev–Trinajstić information content (AvgIpc) is 2.29. The molecule has 0 aliphatic heterocycles. The van der Waals surface area contributed by atoms with E-state index in [0.29, 0.717) is 28.8 Å². The summed E-state index contributed by atoms with van der Waals surface area (Å²) in [7, 11) is 1.58. The van der Waals surface area contributed by atoms with Crippen LogP contribution in [0.2, 0.25) is 5.02 Å². The van der Waals surface area contributed by atoms with E-state index in [1.165, 1.54) is 0 Å². The van der Waals surface area contributed by atoms with Crippen molar-refractivity contribution in [1.82, 2.24) is 0 Å². The molecular weight excluding hydrogens is 238 g/mol. The number of aliphatic hydroxyl groups is 1. The Morgan fingerprint density at radius 1 is 1.41 bits per heavy atom.